The van der Waals surface area contributed by atoms with E-state index in [1.807, 2.05) is 23.8 Å². The maximum absolute atomic E-state index is 5.69. The van der Waals surface area contributed by atoms with E-state index >= 15 is 0 Å². The summed E-state index contributed by atoms with van der Waals surface area (Å²) in [7, 11) is 0. The standard InChI is InChI=1S/C23H28N6O2/c1-17-14-20(28-23(27-17)29-11-10-24-16-29)18(2)25-8-9-26-22(19-6-4-3-5-7-19)21-15-30-12-13-31-21/h3-4,6,10-16,18,22,25-26H,5,7-9H2,1-2H3. The van der Waals surface area contributed by atoms with Crippen LogP contribution < -0.4 is 10.6 Å². The van der Waals surface area contributed by atoms with Crippen LogP contribution in [0.5, 0.6) is 0 Å². The fourth-order valence-electron chi connectivity index (χ4n) is 3.59. The fourth-order valence-corrected chi connectivity index (χ4v) is 3.59. The van der Waals surface area contributed by atoms with E-state index in [0.717, 1.165) is 43.1 Å². The Morgan fingerprint density at radius 2 is 2.10 bits per heavy atom. The maximum Gasteiger partial charge on any atom is 0.235 e. The molecule has 2 aromatic rings. The predicted molar refractivity (Wildman–Crippen MR) is 118 cm³/mol. The zero-order valence-electron chi connectivity index (χ0n) is 17.9. The third kappa shape index (κ3) is 5.48. The first kappa shape index (κ1) is 21.0. The van der Waals surface area contributed by atoms with Crippen LogP contribution in [0, 0.1) is 6.92 Å². The number of aryl methyl sites for hydroxylation is 1. The molecule has 0 spiro atoms. The number of nitrogens with zero attached hydrogens (tertiary/aromatic N) is 4. The van der Waals surface area contributed by atoms with Crippen molar-refractivity contribution in [2.75, 3.05) is 13.1 Å². The molecule has 4 rings (SSSR count). The monoisotopic (exact) mass is 420 g/mol. The second-order valence-corrected chi connectivity index (χ2v) is 7.52. The van der Waals surface area contributed by atoms with E-state index in [1.54, 1.807) is 25.0 Å². The highest BCUT2D eigenvalue weighted by Crippen LogP contribution is 2.23. The van der Waals surface area contributed by atoms with Gasteiger partial charge in [0.1, 0.15) is 25.1 Å². The highest BCUT2D eigenvalue weighted by atomic mass is 16.5. The Morgan fingerprint density at radius 3 is 2.84 bits per heavy atom. The third-order valence-electron chi connectivity index (χ3n) is 5.19. The average Bonchev–Trinajstić information content (AvgIpc) is 3.35. The molecule has 0 bridgehead atoms. The van der Waals surface area contributed by atoms with Crippen LogP contribution in [0.1, 0.15) is 37.2 Å². The van der Waals surface area contributed by atoms with Crippen LogP contribution in [0.15, 0.2) is 73.1 Å². The Kier molecular flexibility index (Phi) is 6.91. The molecule has 2 atom stereocenters. The van der Waals surface area contributed by atoms with E-state index < -0.39 is 0 Å². The van der Waals surface area contributed by atoms with Crippen molar-refractivity contribution >= 4 is 0 Å². The Morgan fingerprint density at radius 1 is 1.19 bits per heavy atom. The van der Waals surface area contributed by atoms with E-state index in [-0.39, 0.29) is 12.1 Å². The molecule has 1 aliphatic heterocycles. The molecule has 0 aromatic carbocycles. The summed E-state index contributed by atoms with van der Waals surface area (Å²) in [5, 5.41) is 7.14. The average molecular weight is 421 g/mol. The van der Waals surface area contributed by atoms with Crippen molar-refractivity contribution in [3.8, 4) is 5.95 Å². The predicted octanol–water partition coefficient (Wildman–Crippen LogP) is 3.22. The first-order valence-electron chi connectivity index (χ1n) is 10.5. The number of rotatable bonds is 9. The maximum atomic E-state index is 5.69. The molecule has 2 aromatic heterocycles. The van der Waals surface area contributed by atoms with Crippen molar-refractivity contribution in [1.29, 1.82) is 0 Å². The minimum atomic E-state index is -0.0128. The summed E-state index contributed by atoms with van der Waals surface area (Å²) in [6, 6.07) is 2.08. The van der Waals surface area contributed by atoms with Crippen LogP contribution in [-0.2, 0) is 9.47 Å². The first-order valence-corrected chi connectivity index (χ1v) is 10.5. The van der Waals surface area contributed by atoms with Gasteiger partial charge >= 0.3 is 0 Å². The first-order chi connectivity index (χ1) is 15.2. The van der Waals surface area contributed by atoms with Crippen molar-refractivity contribution in [2.45, 2.75) is 38.8 Å². The van der Waals surface area contributed by atoms with Crippen LogP contribution in [0.25, 0.3) is 5.95 Å². The lowest BCUT2D eigenvalue weighted by Gasteiger charge is -2.26. The Hall–Kier alpha value is -3.23. The molecule has 2 unspecified atom stereocenters. The zero-order chi connectivity index (χ0) is 21.5. The summed E-state index contributed by atoms with van der Waals surface area (Å²) < 4.78 is 12.8. The Bertz CT molecular complexity index is 994. The third-order valence-corrected chi connectivity index (χ3v) is 5.19. The van der Waals surface area contributed by atoms with Crippen molar-refractivity contribution in [3.05, 3.63) is 84.5 Å². The van der Waals surface area contributed by atoms with Gasteiger partial charge in [-0.15, -0.1) is 0 Å². The molecule has 0 radical (unpaired) electrons. The van der Waals surface area contributed by atoms with Gasteiger partial charge in [-0.1, -0.05) is 18.2 Å². The molecule has 8 heteroatoms. The summed E-state index contributed by atoms with van der Waals surface area (Å²) >= 11 is 0. The summed E-state index contributed by atoms with van der Waals surface area (Å²) in [5.41, 5.74) is 3.16. The van der Waals surface area contributed by atoms with Gasteiger partial charge in [-0.25, -0.2) is 15.0 Å². The van der Waals surface area contributed by atoms with Crippen LogP contribution in [0.3, 0.4) is 0 Å². The lowest BCUT2D eigenvalue weighted by atomic mass is 9.96. The van der Waals surface area contributed by atoms with Gasteiger partial charge in [-0.2, -0.15) is 0 Å². The number of allylic oxidation sites excluding steroid dienone is 3. The Labute approximate surface area is 182 Å². The highest BCUT2D eigenvalue weighted by Gasteiger charge is 2.22. The van der Waals surface area contributed by atoms with Crippen LogP contribution >= 0.6 is 0 Å². The number of hydrogen-bond donors (Lipinski definition) is 2. The second-order valence-electron chi connectivity index (χ2n) is 7.52. The van der Waals surface area contributed by atoms with Gasteiger partial charge in [-0.05, 0) is 38.3 Å². The molecule has 0 saturated heterocycles. The van der Waals surface area contributed by atoms with E-state index in [2.05, 4.69) is 45.8 Å². The van der Waals surface area contributed by atoms with E-state index in [0.29, 0.717) is 5.95 Å². The van der Waals surface area contributed by atoms with Gasteiger partial charge in [0, 0.05) is 37.2 Å². The van der Waals surface area contributed by atoms with Gasteiger partial charge < -0.3 is 20.1 Å². The zero-order valence-corrected chi connectivity index (χ0v) is 17.9. The van der Waals surface area contributed by atoms with Crippen molar-refractivity contribution in [1.82, 2.24) is 30.2 Å². The normalized spacial score (nSPS) is 17.4. The lowest BCUT2D eigenvalue weighted by Crippen LogP contribution is -2.39. The van der Waals surface area contributed by atoms with E-state index in [4.69, 9.17) is 14.5 Å². The van der Waals surface area contributed by atoms with Gasteiger partial charge in [0.15, 0.2) is 5.76 Å². The molecular weight excluding hydrogens is 392 g/mol. The lowest BCUT2D eigenvalue weighted by molar-refractivity contribution is 0.233. The molecular formula is C23H28N6O2. The molecule has 3 heterocycles. The van der Waals surface area contributed by atoms with Gasteiger partial charge in [0.05, 0.1) is 11.7 Å². The molecule has 31 heavy (non-hydrogen) atoms. The van der Waals surface area contributed by atoms with Crippen molar-refractivity contribution in [3.63, 3.8) is 0 Å². The van der Waals surface area contributed by atoms with Crippen molar-refractivity contribution < 1.29 is 9.47 Å². The SMILES string of the molecule is Cc1cc(C(C)NCCNC(C2=CC=CCC2)C2=COC=CO2)nc(-n2ccnc2)n1. The van der Waals surface area contributed by atoms with Crippen LogP contribution in [-0.4, -0.2) is 38.7 Å². The summed E-state index contributed by atoms with van der Waals surface area (Å²) in [5.74, 6) is 1.40. The summed E-state index contributed by atoms with van der Waals surface area (Å²) in [6.45, 7) is 5.62. The molecule has 0 fully saturated rings. The molecule has 1 aliphatic carbocycles. The highest BCUT2D eigenvalue weighted by molar-refractivity contribution is 5.29. The smallest absolute Gasteiger partial charge is 0.235 e. The van der Waals surface area contributed by atoms with E-state index in [1.165, 1.54) is 11.8 Å². The number of aromatic nitrogens is 4. The van der Waals surface area contributed by atoms with Gasteiger partial charge in [0.25, 0.3) is 0 Å². The Balaban J connectivity index is 1.35. The molecule has 2 aliphatic rings. The number of ether oxygens (including phenoxy) is 2. The van der Waals surface area contributed by atoms with Gasteiger partial charge in [0.2, 0.25) is 5.95 Å². The summed E-state index contributed by atoms with van der Waals surface area (Å²) in [6.07, 6.45) is 18.5. The minimum Gasteiger partial charge on any atom is -0.466 e. The van der Waals surface area contributed by atoms with Gasteiger partial charge in [-0.3, -0.25) is 4.57 Å². The summed E-state index contributed by atoms with van der Waals surface area (Å²) in [4.78, 5) is 13.3. The molecule has 8 nitrogen and oxygen atoms in total. The largest absolute Gasteiger partial charge is 0.466 e. The number of hydrogen-bond acceptors (Lipinski definition) is 7. The van der Waals surface area contributed by atoms with Crippen LogP contribution in [0.4, 0.5) is 0 Å². The number of imidazole rings is 1. The molecule has 0 saturated carbocycles. The molecule has 162 valence electrons. The second kappa shape index (κ2) is 10.2. The van der Waals surface area contributed by atoms with Crippen molar-refractivity contribution in [2.24, 2.45) is 0 Å². The molecule has 0 amide bonds. The van der Waals surface area contributed by atoms with E-state index in [9.17, 15) is 0 Å². The minimum absolute atomic E-state index is 0.0128. The quantitative estimate of drug-likeness (QED) is 0.603. The topological polar surface area (TPSA) is 86.1 Å². The van der Waals surface area contributed by atoms with Crippen LogP contribution in [0.2, 0.25) is 0 Å². The molecule has 2 N–H and O–H groups in total. The number of nitrogens with one attached hydrogen (secondary N) is 2. The fraction of sp³-hybridized carbons (Fsp3) is 0.348.